The molecule has 0 saturated heterocycles. The maximum Gasteiger partial charge on any atom is 0.213 e. The van der Waals surface area contributed by atoms with E-state index in [0.29, 0.717) is 22.4 Å². The maximum absolute atomic E-state index is 13.7. The lowest BCUT2D eigenvalue weighted by Crippen LogP contribution is -2.09. The van der Waals surface area contributed by atoms with Crippen molar-refractivity contribution in [3.63, 3.8) is 0 Å². The van der Waals surface area contributed by atoms with E-state index >= 15 is 0 Å². The number of benzene rings is 2. The van der Waals surface area contributed by atoms with Gasteiger partial charge in [-0.2, -0.15) is 0 Å². The van der Waals surface area contributed by atoms with Gasteiger partial charge in [0.25, 0.3) is 0 Å². The molecule has 0 aliphatic carbocycles. The van der Waals surface area contributed by atoms with Crippen molar-refractivity contribution in [1.82, 2.24) is 14.5 Å². The number of para-hydroxylation sites is 2. The molecule has 10 heteroatoms. The van der Waals surface area contributed by atoms with Gasteiger partial charge in [0.15, 0.2) is 5.65 Å². The zero-order valence-electron chi connectivity index (χ0n) is 15.8. The van der Waals surface area contributed by atoms with E-state index < -0.39 is 9.84 Å². The summed E-state index contributed by atoms with van der Waals surface area (Å²) in [6, 6.07) is 14.9. The van der Waals surface area contributed by atoms with E-state index in [1.165, 1.54) is 24.5 Å². The van der Waals surface area contributed by atoms with Crippen molar-refractivity contribution in [2.75, 3.05) is 5.73 Å². The average molecular weight is 473 g/mol. The van der Waals surface area contributed by atoms with E-state index in [4.69, 9.17) is 33.4 Å². The lowest BCUT2D eigenvalue weighted by Gasteiger charge is -2.08. The maximum atomic E-state index is 13.7. The molecule has 2 N–H and O–H groups in total. The van der Waals surface area contributed by atoms with Crippen LogP contribution in [-0.2, 0) is 16.4 Å². The fourth-order valence-electron chi connectivity index (χ4n) is 3.47. The van der Waals surface area contributed by atoms with E-state index in [-0.39, 0.29) is 37.7 Å². The quantitative estimate of drug-likeness (QED) is 0.396. The highest BCUT2D eigenvalue weighted by Crippen LogP contribution is 2.38. The molecule has 3 aromatic heterocycles. The summed E-state index contributed by atoms with van der Waals surface area (Å²) >= 11 is 12.3. The Morgan fingerprint density at radius 2 is 1.74 bits per heavy atom. The number of hydrogen-bond acceptors (Lipinski definition) is 6. The number of anilines is 1. The highest BCUT2D eigenvalue weighted by Gasteiger charge is 2.32. The van der Waals surface area contributed by atoms with Gasteiger partial charge in [-0.15, -0.1) is 0 Å². The number of nitrogens with zero attached hydrogens (tertiary/aromatic N) is 3. The van der Waals surface area contributed by atoms with Crippen molar-refractivity contribution < 1.29 is 12.8 Å². The number of furan rings is 1. The molecule has 31 heavy (non-hydrogen) atoms. The van der Waals surface area contributed by atoms with Crippen molar-refractivity contribution >= 4 is 61.1 Å². The number of halogens is 2. The molecule has 0 aliphatic heterocycles. The Balaban J connectivity index is 1.86. The second-order valence-electron chi connectivity index (χ2n) is 6.84. The van der Waals surface area contributed by atoms with Crippen molar-refractivity contribution in [3.05, 3.63) is 76.7 Å². The molecule has 0 atom stereocenters. The van der Waals surface area contributed by atoms with Gasteiger partial charge < -0.3 is 14.7 Å². The van der Waals surface area contributed by atoms with Crippen molar-refractivity contribution in [2.24, 2.45) is 0 Å². The van der Waals surface area contributed by atoms with E-state index in [0.717, 1.165) is 0 Å². The summed E-state index contributed by atoms with van der Waals surface area (Å²) < 4.78 is 34.3. The van der Waals surface area contributed by atoms with Crippen LogP contribution in [0.1, 0.15) is 5.76 Å². The first kappa shape index (κ1) is 19.9. The normalized spacial score (nSPS) is 12.1. The van der Waals surface area contributed by atoms with E-state index in [2.05, 4.69) is 9.97 Å². The predicted molar refractivity (Wildman–Crippen MR) is 119 cm³/mol. The fourth-order valence-corrected chi connectivity index (χ4v) is 5.73. The van der Waals surface area contributed by atoms with E-state index in [1.807, 2.05) is 6.07 Å². The smallest absolute Gasteiger partial charge is 0.213 e. The van der Waals surface area contributed by atoms with Gasteiger partial charge in [0.05, 0.1) is 33.8 Å². The van der Waals surface area contributed by atoms with Gasteiger partial charge in [0.2, 0.25) is 9.84 Å². The molecule has 0 radical (unpaired) electrons. The number of aromatic nitrogens is 3. The zero-order valence-corrected chi connectivity index (χ0v) is 18.1. The Hall–Kier alpha value is -3.07. The molecule has 0 amide bonds. The molecule has 0 bridgehead atoms. The Morgan fingerprint density at radius 3 is 2.45 bits per heavy atom. The van der Waals surface area contributed by atoms with Crippen LogP contribution in [0.5, 0.6) is 0 Å². The Bertz CT molecular complexity index is 1560. The molecule has 0 aliphatic rings. The summed E-state index contributed by atoms with van der Waals surface area (Å²) in [6.45, 7) is 0.182. The first-order valence-corrected chi connectivity index (χ1v) is 11.4. The van der Waals surface area contributed by atoms with Crippen LogP contribution in [0.15, 0.2) is 75.1 Å². The summed E-state index contributed by atoms with van der Waals surface area (Å²) in [7, 11) is -4.17. The highest BCUT2D eigenvalue weighted by molar-refractivity contribution is 7.92. The molecule has 0 fully saturated rings. The van der Waals surface area contributed by atoms with Crippen molar-refractivity contribution in [1.29, 1.82) is 0 Å². The average Bonchev–Trinajstić information content (AvgIpc) is 3.35. The first-order chi connectivity index (χ1) is 14.9. The number of sulfone groups is 1. The molecular weight excluding hydrogens is 459 g/mol. The number of rotatable bonds is 4. The first-order valence-electron chi connectivity index (χ1n) is 9.13. The van der Waals surface area contributed by atoms with Crippen molar-refractivity contribution in [3.8, 4) is 0 Å². The summed E-state index contributed by atoms with van der Waals surface area (Å²) in [5.41, 5.74) is 8.02. The molecule has 0 unspecified atom stereocenters. The Morgan fingerprint density at radius 1 is 1.00 bits per heavy atom. The third-order valence-electron chi connectivity index (χ3n) is 4.89. The fraction of sp³-hybridized carbons (Fsp3) is 0.0476. The molecule has 5 rings (SSSR count). The van der Waals surface area contributed by atoms with Gasteiger partial charge in [0.1, 0.15) is 22.0 Å². The molecule has 0 saturated carbocycles. The van der Waals surface area contributed by atoms with Gasteiger partial charge in [-0.25, -0.2) is 18.4 Å². The monoisotopic (exact) mass is 472 g/mol. The summed E-state index contributed by atoms with van der Waals surface area (Å²) in [5, 5.41) is 0.266. The third kappa shape index (κ3) is 3.23. The molecular formula is C21H14Cl2N4O3S. The SMILES string of the molecule is Nc1c(S(=O)(=O)c2cc(Cl)ccc2Cl)c2nc3ccccc3nc2n1Cc1ccco1. The lowest BCUT2D eigenvalue weighted by atomic mass is 10.3. The summed E-state index contributed by atoms with van der Waals surface area (Å²) in [4.78, 5) is 8.90. The van der Waals surface area contributed by atoms with E-state index in [9.17, 15) is 8.42 Å². The molecule has 5 aromatic rings. The zero-order chi connectivity index (χ0) is 21.8. The van der Waals surface area contributed by atoms with Crippen LogP contribution in [0.3, 0.4) is 0 Å². The standard InChI is InChI=1S/C21H14Cl2N4O3S/c22-12-7-8-14(23)17(10-12)31(28,29)19-18-21(26-16-6-2-1-5-15(16)25-18)27(20(19)24)11-13-4-3-9-30-13/h1-10H,11,24H2. The van der Waals surface area contributed by atoms with Crippen LogP contribution in [-0.4, -0.2) is 23.0 Å². The molecule has 0 spiro atoms. The molecule has 156 valence electrons. The van der Waals surface area contributed by atoms with Gasteiger partial charge in [0, 0.05) is 5.02 Å². The number of fused-ring (bicyclic) bond motifs is 2. The number of hydrogen-bond donors (Lipinski definition) is 1. The van der Waals surface area contributed by atoms with Gasteiger partial charge in [-0.3, -0.25) is 0 Å². The van der Waals surface area contributed by atoms with Crippen LogP contribution < -0.4 is 5.73 Å². The number of nitrogens with two attached hydrogens (primary N) is 1. The second kappa shape index (κ2) is 7.26. The highest BCUT2D eigenvalue weighted by atomic mass is 35.5. The number of nitrogen functional groups attached to an aromatic ring is 1. The Kier molecular flexibility index (Phi) is 4.65. The van der Waals surface area contributed by atoms with Crippen LogP contribution in [0.4, 0.5) is 5.82 Å². The Labute approximate surface area is 186 Å². The minimum Gasteiger partial charge on any atom is -0.467 e. The minimum atomic E-state index is -4.17. The van der Waals surface area contributed by atoms with Gasteiger partial charge >= 0.3 is 0 Å². The largest absolute Gasteiger partial charge is 0.467 e. The molecule has 2 aromatic carbocycles. The van der Waals surface area contributed by atoms with Crippen LogP contribution >= 0.6 is 23.2 Å². The lowest BCUT2D eigenvalue weighted by molar-refractivity contribution is 0.497. The molecule has 7 nitrogen and oxygen atoms in total. The minimum absolute atomic E-state index is 0.0160. The van der Waals surface area contributed by atoms with Crippen LogP contribution in [0, 0.1) is 0 Å². The van der Waals surface area contributed by atoms with Crippen LogP contribution in [0.2, 0.25) is 10.0 Å². The second-order valence-corrected chi connectivity index (χ2v) is 9.54. The van der Waals surface area contributed by atoms with Gasteiger partial charge in [-0.05, 0) is 42.5 Å². The third-order valence-corrected chi connectivity index (χ3v) is 7.43. The molecule has 3 heterocycles. The van der Waals surface area contributed by atoms with Crippen LogP contribution in [0.25, 0.3) is 22.2 Å². The predicted octanol–water partition coefficient (Wildman–Crippen LogP) is 4.95. The summed E-state index contributed by atoms with van der Waals surface area (Å²) in [6.07, 6.45) is 1.53. The van der Waals surface area contributed by atoms with Gasteiger partial charge in [-0.1, -0.05) is 35.3 Å². The topological polar surface area (TPSA) is 104 Å². The van der Waals surface area contributed by atoms with E-state index in [1.54, 1.807) is 34.9 Å². The summed E-state index contributed by atoms with van der Waals surface area (Å²) in [5.74, 6) is 0.570. The van der Waals surface area contributed by atoms with Crippen molar-refractivity contribution in [2.45, 2.75) is 16.3 Å².